The third-order valence-electron chi connectivity index (χ3n) is 2.96. The van der Waals surface area contributed by atoms with Crippen LogP contribution in [-0.4, -0.2) is 19.5 Å². The number of hydrogen-bond acceptors (Lipinski definition) is 3. The fourth-order valence-corrected chi connectivity index (χ4v) is 3.53. The largest absolute Gasteiger partial charge is 0.481 e. The van der Waals surface area contributed by atoms with Gasteiger partial charge in [-0.3, -0.25) is 4.79 Å². The first-order chi connectivity index (χ1) is 7.85. The standard InChI is InChI=1S/C12H12O4S/c1-7-6-9-4-3-5-10(8(2)12(13)14)11(9)17(7,15)16/h3-6,8H,1-2H3,(H,13,14). The number of benzene rings is 1. The Morgan fingerprint density at radius 2 is 2.00 bits per heavy atom. The Hall–Kier alpha value is -1.62. The van der Waals surface area contributed by atoms with Gasteiger partial charge in [0, 0.05) is 4.91 Å². The Balaban J connectivity index is 2.72. The third kappa shape index (κ3) is 1.67. The number of hydrogen-bond donors (Lipinski definition) is 1. The Kier molecular flexibility index (Phi) is 2.58. The maximum atomic E-state index is 12.1. The fraction of sp³-hybridized carbons (Fsp3) is 0.250. The predicted molar refractivity (Wildman–Crippen MR) is 63.3 cm³/mol. The SMILES string of the molecule is CC1=Cc2cccc(C(C)C(=O)O)c2S1(=O)=O. The molecule has 0 aromatic heterocycles. The van der Waals surface area contributed by atoms with Crippen molar-refractivity contribution in [3.05, 3.63) is 34.2 Å². The molecule has 1 heterocycles. The van der Waals surface area contributed by atoms with E-state index in [0.717, 1.165) is 0 Å². The number of fused-ring (bicyclic) bond motifs is 1. The molecule has 1 unspecified atom stereocenters. The van der Waals surface area contributed by atoms with E-state index in [2.05, 4.69) is 0 Å². The maximum absolute atomic E-state index is 12.1. The maximum Gasteiger partial charge on any atom is 0.310 e. The van der Waals surface area contributed by atoms with Gasteiger partial charge in [0.25, 0.3) is 0 Å². The number of carboxylic acid groups (broad SMARTS) is 1. The Morgan fingerprint density at radius 3 is 2.59 bits per heavy atom. The molecule has 17 heavy (non-hydrogen) atoms. The van der Waals surface area contributed by atoms with Crippen molar-refractivity contribution < 1.29 is 18.3 Å². The quantitative estimate of drug-likeness (QED) is 0.874. The molecule has 1 aliphatic rings. The molecule has 90 valence electrons. The minimum Gasteiger partial charge on any atom is -0.481 e. The van der Waals surface area contributed by atoms with E-state index in [9.17, 15) is 13.2 Å². The summed E-state index contributed by atoms with van der Waals surface area (Å²) in [4.78, 5) is 11.4. The highest BCUT2D eigenvalue weighted by Crippen LogP contribution is 2.37. The summed E-state index contributed by atoms with van der Waals surface area (Å²) in [5.74, 6) is -1.86. The summed E-state index contributed by atoms with van der Waals surface area (Å²) < 4.78 is 24.1. The van der Waals surface area contributed by atoms with Gasteiger partial charge in [0.05, 0.1) is 10.8 Å². The average Bonchev–Trinajstić information content (AvgIpc) is 2.49. The number of allylic oxidation sites excluding steroid dienone is 1. The van der Waals surface area contributed by atoms with Gasteiger partial charge in [-0.25, -0.2) is 8.42 Å². The number of carboxylic acids is 1. The Labute approximate surface area is 99.5 Å². The van der Waals surface area contributed by atoms with Crippen LogP contribution in [0.3, 0.4) is 0 Å². The topological polar surface area (TPSA) is 71.4 Å². The zero-order valence-electron chi connectivity index (χ0n) is 9.47. The monoisotopic (exact) mass is 252 g/mol. The van der Waals surface area contributed by atoms with Crippen LogP contribution in [0.1, 0.15) is 30.9 Å². The minimum atomic E-state index is -3.50. The Morgan fingerprint density at radius 1 is 1.35 bits per heavy atom. The van der Waals surface area contributed by atoms with E-state index < -0.39 is 21.7 Å². The van der Waals surface area contributed by atoms with E-state index in [1.54, 1.807) is 24.3 Å². The van der Waals surface area contributed by atoms with Gasteiger partial charge in [-0.2, -0.15) is 0 Å². The van der Waals surface area contributed by atoms with Gasteiger partial charge in [0.1, 0.15) is 0 Å². The molecule has 2 rings (SSSR count). The smallest absolute Gasteiger partial charge is 0.310 e. The minimum absolute atomic E-state index is 0.146. The molecule has 1 aromatic carbocycles. The molecule has 4 nitrogen and oxygen atoms in total. The summed E-state index contributed by atoms with van der Waals surface area (Å²) >= 11 is 0. The van der Waals surface area contributed by atoms with Crippen LogP contribution in [0.2, 0.25) is 0 Å². The van der Waals surface area contributed by atoms with Crippen LogP contribution in [-0.2, 0) is 14.6 Å². The normalized spacial score (nSPS) is 18.4. The van der Waals surface area contributed by atoms with Gasteiger partial charge in [-0.15, -0.1) is 0 Å². The fourth-order valence-electron chi connectivity index (χ4n) is 1.93. The number of carbonyl (C=O) groups is 1. The molecule has 1 aliphatic heterocycles. The molecule has 1 N–H and O–H groups in total. The summed E-state index contributed by atoms with van der Waals surface area (Å²) in [6.45, 7) is 3.01. The lowest BCUT2D eigenvalue weighted by Gasteiger charge is -2.12. The number of aliphatic carboxylic acids is 1. The average molecular weight is 252 g/mol. The van der Waals surface area contributed by atoms with Crippen molar-refractivity contribution in [3.63, 3.8) is 0 Å². The summed E-state index contributed by atoms with van der Waals surface area (Å²) in [6, 6.07) is 4.92. The molecule has 0 saturated heterocycles. The first kappa shape index (κ1) is 11.9. The van der Waals surface area contributed by atoms with Gasteiger partial charge in [0.2, 0.25) is 9.84 Å². The van der Waals surface area contributed by atoms with Gasteiger partial charge in [-0.1, -0.05) is 18.2 Å². The van der Waals surface area contributed by atoms with Crippen molar-refractivity contribution in [2.45, 2.75) is 24.7 Å². The zero-order valence-corrected chi connectivity index (χ0v) is 10.3. The molecule has 0 bridgehead atoms. The van der Waals surface area contributed by atoms with Crippen molar-refractivity contribution >= 4 is 21.9 Å². The summed E-state index contributed by atoms with van der Waals surface area (Å²) in [5, 5.41) is 8.99. The highest BCUT2D eigenvalue weighted by molar-refractivity contribution is 7.95. The molecule has 0 saturated carbocycles. The van der Waals surface area contributed by atoms with E-state index in [4.69, 9.17) is 5.11 Å². The van der Waals surface area contributed by atoms with Crippen LogP contribution >= 0.6 is 0 Å². The summed E-state index contributed by atoms with van der Waals surface area (Å²) in [6.07, 6.45) is 1.57. The first-order valence-electron chi connectivity index (χ1n) is 5.15. The molecule has 1 atom stereocenters. The lowest BCUT2D eigenvalue weighted by atomic mass is 9.99. The molecule has 0 radical (unpaired) electrons. The first-order valence-corrected chi connectivity index (χ1v) is 6.63. The van der Waals surface area contributed by atoms with Gasteiger partial charge >= 0.3 is 5.97 Å². The number of sulfone groups is 1. The van der Waals surface area contributed by atoms with E-state index in [-0.39, 0.29) is 9.80 Å². The molecule has 5 heteroatoms. The van der Waals surface area contributed by atoms with Crippen molar-refractivity contribution in [1.82, 2.24) is 0 Å². The molecule has 0 aliphatic carbocycles. The molecule has 1 aromatic rings. The van der Waals surface area contributed by atoms with E-state index in [1.807, 2.05) is 0 Å². The molecular formula is C12H12O4S. The summed E-state index contributed by atoms with van der Waals surface area (Å²) in [7, 11) is -3.50. The molecular weight excluding hydrogens is 240 g/mol. The summed E-state index contributed by atoms with van der Waals surface area (Å²) in [5.41, 5.74) is 0.927. The van der Waals surface area contributed by atoms with Crippen molar-refractivity contribution in [2.75, 3.05) is 0 Å². The van der Waals surface area contributed by atoms with Crippen LogP contribution in [0.15, 0.2) is 28.0 Å². The lowest BCUT2D eigenvalue weighted by Crippen LogP contribution is -2.12. The van der Waals surface area contributed by atoms with Gasteiger partial charge in [0.15, 0.2) is 0 Å². The highest BCUT2D eigenvalue weighted by Gasteiger charge is 2.32. The zero-order chi connectivity index (χ0) is 12.8. The van der Waals surface area contributed by atoms with Crippen LogP contribution < -0.4 is 0 Å². The number of rotatable bonds is 2. The molecule has 0 amide bonds. The van der Waals surface area contributed by atoms with Crippen LogP contribution in [0, 0.1) is 0 Å². The molecule has 0 spiro atoms. The van der Waals surface area contributed by atoms with Crippen LogP contribution in [0.5, 0.6) is 0 Å². The van der Waals surface area contributed by atoms with Crippen molar-refractivity contribution in [2.24, 2.45) is 0 Å². The van der Waals surface area contributed by atoms with Crippen LogP contribution in [0.25, 0.3) is 6.08 Å². The van der Waals surface area contributed by atoms with E-state index in [0.29, 0.717) is 11.1 Å². The van der Waals surface area contributed by atoms with E-state index >= 15 is 0 Å². The van der Waals surface area contributed by atoms with Gasteiger partial charge in [-0.05, 0) is 31.1 Å². The van der Waals surface area contributed by atoms with E-state index in [1.165, 1.54) is 13.8 Å². The van der Waals surface area contributed by atoms with Crippen LogP contribution in [0.4, 0.5) is 0 Å². The van der Waals surface area contributed by atoms with Gasteiger partial charge < -0.3 is 5.11 Å². The second kappa shape index (κ2) is 3.70. The third-order valence-corrected chi connectivity index (χ3v) is 4.94. The lowest BCUT2D eigenvalue weighted by molar-refractivity contribution is -0.138. The second-order valence-electron chi connectivity index (χ2n) is 4.08. The van der Waals surface area contributed by atoms with Crippen molar-refractivity contribution in [3.8, 4) is 0 Å². The second-order valence-corrected chi connectivity index (χ2v) is 6.14. The molecule has 0 fully saturated rings. The van der Waals surface area contributed by atoms with Crippen molar-refractivity contribution in [1.29, 1.82) is 0 Å². The highest BCUT2D eigenvalue weighted by atomic mass is 32.2. The Bertz CT molecular complexity index is 626. The predicted octanol–water partition coefficient (Wildman–Crippen LogP) is 2.02.